The molecule has 10 rings (SSSR count). The molecular weight excluding hydrogens is 1420 g/mol. The van der Waals surface area contributed by atoms with Crippen LogP contribution in [0.5, 0.6) is 28.7 Å². The molecule has 10 aromatic rings. The van der Waals surface area contributed by atoms with Crippen LogP contribution >= 0.6 is 28.7 Å². The number of ether oxygens (including phenoxy) is 13. The Morgan fingerprint density at radius 3 is 1.11 bits per heavy atom. The van der Waals surface area contributed by atoms with Crippen LogP contribution in [0.3, 0.4) is 0 Å². The van der Waals surface area contributed by atoms with Crippen molar-refractivity contribution in [3.8, 4) is 28.7 Å². The number of thiol groups is 1. The number of hydrogen-bond donors (Lipinski definition) is 4. The third-order valence-electron chi connectivity index (χ3n) is 13.8. The summed E-state index contributed by atoms with van der Waals surface area (Å²) < 4.78 is 82.3. The average molecular weight is 1500 g/mol. The van der Waals surface area contributed by atoms with Gasteiger partial charge in [0.25, 0.3) is 0 Å². The topological polar surface area (TPSA) is 325 Å². The molecule has 0 aliphatic rings. The first kappa shape index (κ1) is 83.2. The molecule has 0 unspecified atom stereocenters. The van der Waals surface area contributed by atoms with Gasteiger partial charge < -0.3 is 85.4 Å². The zero-order valence-electron chi connectivity index (χ0n) is 57.4. The van der Waals surface area contributed by atoms with Crippen LogP contribution in [0.4, 0.5) is 0 Å². The fourth-order valence-electron chi connectivity index (χ4n) is 8.90. The van der Waals surface area contributed by atoms with Crippen LogP contribution in [0.25, 0.3) is 0 Å². The average Bonchev–Trinajstić information content (AvgIpc) is 0.821. The van der Waals surface area contributed by atoms with Gasteiger partial charge in [0.15, 0.2) is 29.8 Å². The van der Waals surface area contributed by atoms with Gasteiger partial charge in [-0.05, 0) is 43.7 Å². The van der Waals surface area contributed by atoms with Crippen molar-refractivity contribution in [3.05, 3.63) is 319 Å². The SMILES string of the molecule is COC(OC)c1[nH]cc(Br)c(=O)c1OCc1ccccc1.COC(OC)c1[nH]cc(C=O)c(=O)c1OCc1ccccc1.COC(OC)c1[nH]ccc(=O)c1OCc1ccccc1.COC(OC)c1occc(=O)c1OCc1ccccc1.O=Cc1occc(=O)c1OCc1ccccc1.[B]=NS. The van der Waals surface area contributed by atoms with Crippen LogP contribution in [0.15, 0.2) is 243 Å². The van der Waals surface area contributed by atoms with E-state index in [-0.39, 0.29) is 94.0 Å². The third-order valence-corrected chi connectivity index (χ3v) is 14.4. The third kappa shape index (κ3) is 26.5. The van der Waals surface area contributed by atoms with E-state index in [0.717, 1.165) is 27.8 Å². The van der Waals surface area contributed by atoms with E-state index in [9.17, 15) is 33.6 Å². The number of methoxy groups -OCH3 is 8. The number of nitrogens with one attached hydrogen (secondary N) is 3. The number of aromatic amines is 3. The molecule has 26 nitrogen and oxygen atoms in total. The van der Waals surface area contributed by atoms with Crippen molar-refractivity contribution in [2.45, 2.75) is 58.2 Å². The molecule has 29 heteroatoms. The number of hydrogen-bond acceptors (Lipinski definition) is 24. The summed E-state index contributed by atoms with van der Waals surface area (Å²) in [5.41, 5.74) is 4.33. The van der Waals surface area contributed by atoms with Crippen molar-refractivity contribution in [2.24, 2.45) is 4.30 Å². The number of aromatic nitrogens is 3. The van der Waals surface area contributed by atoms with Gasteiger partial charge in [-0.25, -0.2) is 0 Å². The molecule has 5 heterocycles. The Morgan fingerprint density at radius 2 is 0.728 bits per heavy atom. The summed E-state index contributed by atoms with van der Waals surface area (Å²) in [6, 6.07) is 51.4. The van der Waals surface area contributed by atoms with E-state index < -0.39 is 30.6 Å². The fourth-order valence-corrected chi connectivity index (χ4v) is 9.19. The maximum atomic E-state index is 12.3. The van der Waals surface area contributed by atoms with E-state index in [1.807, 2.05) is 152 Å². The number of carbonyl (C=O) groups is 2. The fraction of sp³-hybridized carbons (Fsp3) is 0.230. The molecule has 0 amide bonds. The van der Waals surface area contributed by atoms with Crippen molar-refractivity contribution in [1.82, 2.24) is 15.0 Å². The minimum atomic E-state index is -0.792. The Morgan fingerprint density at radius 1 is 0.408 bits per heavy atom. The summed E-state index contributed by atoms with van der Waals surface area (Å²) in [6.07, 6.45) is 4.84. The second kappa shape index (κ2) is 46.9. The number of nitrogens with zero attached hydrogens (tertiary/aromatic N) is 1. The van der Waals surface area contributed by atoms with E-state index in [2.05, 4.69) is 55.6 Å². The van der Waals surface area contributed by atoms with Gasteiger partial charge >= 0.3 is 24.8 Å². The van der Waals surface area contributed by atoms with Crippen molar-refractivity contribution < 1.29 is 80.0 Å². The molecule has 5 aromatic carbocycles. The van der Waals surface area contributed by atoms with Gasteiger partial charge in [0.2, 0.25) is 75.3 Å². The molecular formula is C74H77BBrN4O22S. The monoisotopic (exact) mass is 1500 g/mol. The molecule has 0 saturated heterocycles. The number of benzene rings is 5. The Bertz CT molecular complexity index is 4320. The number of H-pyrrole nitrogens is 3. The van der Waals surface area contributed by atoms with Gasteiger partial charge in [0, 0.05) is 93.7 Å². The molecule has 0 saturated carbocycles. The van der Waals surface area contributed by atoms with E-state index in [0.29, 0.717) is 40.7 Å². The molecule has 103 heavy (non-hydrogen) atoms. The number of halogens is 1. The van der Waals surface area contributed by atoms with Gasteiger partial charge in [-0.1, -0.05) is 152 Å². The zero-order chi connectivity index (χ0) is 74.7. The summed E-state index contributed by atoms with van der Waals surface area (Å²) >= 11 is 6.39. The number of carbonyl (C=O) groups excluding carboxylic acids is 2. The molecule has 0 bridgehead atoms. The predicted molar refractivity (Wildman–Crippen MR) is 388 cm³/mol. The number of aldehydes is 2. The van der Waals surface area contributed by atoms with Crippen LogP contribution in [0.2, 0.25) is 0 Å². The second-order valence-electron chi connectivity index (χ2n) is 20.5. The summed E-state index contributed by atoms with van der Waals surface area (Å²) in [5.74, 6) is 0.595. The van der Waals surface area contributed by atoms with Gasteiger partial charge in [0.05, 0.1) is 22.6 Å². The summed E-state index contributed by atoms with van der Waals surface area (Å²) in [4.78, 5) is 90.2. The normalized spacial score (nSPS) is 10.4. The number of rotatable bonds is 29. The van der Waals surface area contributed by atoms with Crippen molar-refractivity contribution in [2.75, 3.05) is 56.9 Å². The first-order chi connectivity index (χ1) is 50.1. The predicted octanol–water partition coefficient (Wildman–Crippen LogP) is 12.0. The quantitative estimate of drug-likeness (QED) is 0.0146. The first-order valence-electron chi connectivity index (χ1n) is 30.7. The van der Waals surface area contributed by atoms with Gasteiger partial charge in [-0.15, -0.1) is 0 Å². The Hall–Kier alpha value is -10.4. The zero-order valence-corrected chi connectivity index (χ0v) is 59.9. The molecule has 0 fully saturated rings. The van der Waals surface area contributed by atoms with Crippen LogP contribution in [0.1, 0.15) is 96.7 Å². The van der Waals surface area contributed by atoms with E-state index in [1.165, 1.54) is 106 Å². The van der Waals surface area contributed by atoms with E-state index in [1.54, 1.807) is 0 Å². The number of pyridine rings is 3. The van der Waals surface area contributed by atoms with Gasteiger partial charge in [-0.2, -0.15) is 0 Å². The first-order valence-corrected chi connectivity index (χ1v) is 31.9. The molecule has 1 radical (unpaired) electrons. The molecule has 5 aromatic heterocycles. The summed E-state index contributed by atoms with van der Waals surface area (Å²) in [7, 11) is 16.1. The molecule has 0 aliphatic carbocycles. The van der Waals surface area contributed by atoms with E-state index in [4.69, 9.17) is 70.4 Å². The molecule has 0 aliphatic heterocycles. The van der Waals surface area contributed by atoms with Gasteiger partial charge in [-0.3, -0.25) is 33.6 Å². The maximum absolute atomic E-state index is 12.3. The standard InChI is InChI=1S/C16H17NO5.C15H16BrNO4.C15H17NO4.C15H16O5.C13H10O4.BHNS/c1-20-16(21-2)13-15(14(19)12(9-18)8-17-13)22-10-11-6-4-3-5-7-11;1-19-15(20-2)12-14(13(18)11(16)8-17-12)21-9-10-6-4-3-5-7-10;1-18-15(19-2)13-14(12(17)8-9-16-13)20-10-11-6-4-3-5-7-11;1-17-15(18-2)14-13(12(16)8-9-19-14)20-10-11-6-4-3-5-7-11;14-8-12-13(11(15)6-7-16-12)17-9-10-4-2-1-3-5-10;1-2-3/h3-9,16H,10H2,1-2H3,(H,17,19);3-8,15H,9H2,1-2H3,(H,17,18);3-9,15H,10H2,1-2H3,(H,16,17);3-9,15H,10H2,1-2H3;1-8H,9H2;3H. The molecule has 3 N–H and O–H groups in total. The minimum absolute atomic E-state index is 0.0159. The molecule has 541 valence electrons. The van der Waals surface area contributed by atoms with Gasteiger partial charge in [0.1, 0.15) is 50.1 Å². The van der Waals surface area contributed by atoms with Crippen molar-refractivity contribution in [1.29, 1.82) is 0 Å². The Balaban J connectivity index is 0.000000230. The molecule has 0 spiro atoms. The van der Waals surface area contributed by atoms with Crippen LogP contribution in [-0.2, 0) is 70.9 Å². The van der Waals surface area contributed by atoms with Crippen molar-refractivity contribution in [3.63, 3.8) is 0 Å². The second-order valence-corrected chi connectivity index (χ2v) is 21.6. The summed E-state index contributed by atoms with van der Waals surface area (Å²) in [6.45, 7) is 1.27. The molecule has 0 atom stereocenters. The van der Waals surface area contributed by atoms with Crippen LogP contribution in [0, 0.1) is 0 Å². The van der Waals surface area contributed by atoms with E-state index >= 15 is 0 Å². The van der Waals surface area contributed by atoms with Crippen LogP contribution < -0.4 is 50.8 Å². The Labute approximate surface area is 607 Å². The Kier molecular flexibility index (Phi) is 37.9. The van der Waals surface area contributed by atoms with Crippen molar-refractivity contribution >= 4 is 49.0 Å². The van der Waals surface area contributed by atoms with Crippen LogP contribution in [-0.4, -0.2) is 92.0 Å². The summed E-state index contributed by atoms with van der Waals surface area (Å²) in [5, 5.41) is 0.